The molecule has 5 rings (SSSR count). The molecule has 0 saturated carbocycles. The number of nitrogens with zero attached hydrogens (tertiary/aromatic N) is 7. The van der Waals surface area contributed by atoms with Crippen LogP contribution in [0.15, 0.2) is 36.8 Å². The molecule has 9 nitrogen and oxygen atoms in total. The highest BCUT2D eigenvalue weighted by Crippen LogP contribution is 2.39. The standard InChI is InChI=1S/C24H26FN7O2/c1-14-16-11-28-22(21-26-6-4-7-27-21)29-18(16)5-8-32(14)20-10-15(25)9-19(30-20)31-12-17(23(33)34)24(2,3)13-31/h4,6-7,9-11,14,17H,5,8,12-13H2,1-3H3,(H,33,34). The molecule has 3 aromatic heterocycles. The molecule has 5 heterocycles. The molecule has 0 aromatic carbocycles. The van der Waals surface area contributed by atoms with Gasteiger partial charge in [-0.3, -0.25) is 4.79 Å². The number of hydrogen-bond acceptors (Lipinski definition) is 8. The van der Waals surface area contributed by atoms with Gasteiger partial charge in [0.2, 0.25) is 0 Å². The minimum absolute atomic E-state index is 0.113. The van der Waals surface area contributed by atoms with Crippen LogP contribution in [0, 0.1) is 17.2 Å². The number of carboxylic acids is 1. The minimum atomic E-state index is -0.842. The Labute approximate surface area is 196 Å². The summed E-state index contributed by atoms with van der Waals surface area (Å²) in [5.41, 5.74) is 1.43. The Morgan fingerprint density at radius 2 is 1.85 bits per heavy atom. The van der Waals surface area contributed by atoms with E-state index in [0.717, 1.165) is 11.3 Å². The van der Waals surface area contributed by atoms with Crippen LogP contribution < -0.4 is 9.80 Å². The van der Waals surface area contributed by atoms with E-state index in [1.54, 1.807) is 24.7 Å². The van der Waals surface area contributed by atoms with Crippen molar-refractivity contribution in [2.75, 3.05) is 29.4 Å². The van der Waals surface area contributed by atoms with Crippen molar-refractivity contribution in [1.82, 2.24) is 24.9 Å². The smallest absolute Gasteiger partial charge is 0.308 e. The van der Waals surface area contributed by atoms with Crippen molar-refractivity contribution >= 4 is 17.6 Å². The highest BCUT2D eigenvalue weighted by Gasteiger charge is 2.44. The number of carbonyl (C=O) groups is 1. The summed E-state index contributed by atoms with van der Waals surface area (Å²) >= 11 is 0. The summed E-state index contributed by atoms with van der Waals surface area (Å²) < 4.78 is 14.7. The Bertz CT molecular complexity index is 1240. The average molecular weight is 464 g/mol. The molecule has 176 valence electrons. The van der Waals surface area contributed by atoms with E-state index in [4.69, 9.17) is 4.98 Å². The lowest BCUT2D eigenvalue weighted by Gasteiger charge is -2.36. The molecule has 10 heteroatoms. The lowest BCUT2D eigenvalue weighted by atomic mass is 9.82. The number of halogens is 1. The van der Waals surface area contributed by atoms with Gasteiger partial charge in [-0.2, -0.15) is 0 Å². The Balaban J connectivity index is 1.42. The molecule has 3 aromatic rings. The third-order valence-corrected chi connectivity index (χ3v) is 6.80. The van der Waals surface area contributed by atoms with Gasteiger partial charge in [0.15, 0.2) is 11.6 Å². The topological polar surface area (TPSA) is 108 Å². The van der Waals surface area contributed by atoms with Gasteiger partial charge < -0.3 is 14.9 Å². The molecule has 1 N–H and O–H groups in total. The van der Waals surface area contributed by atoms with Crippen LogP contribution in [0.3, 0.4) is 0 Å². The number of aliphatic carboxylic acids is 1. The van der Waals surface area contributed by atoms with Gasteiger partial charge in [0.1, 0.15) is 17.5 Å². The van der Waals surface area contributed by atoms with E-state index in [1.165, 1.54) is 12.1 Å². The van der Waals surface area contributed by atoms with Gasteiger partial charge in [-0.1, -0.05) is 13.8 Å². The van der Waals surface area contributed by atoms with Gasteiger partial charge >= 0.3 is 5.97 Å². The monoisotopic (exact) mass is 463 g/mol. The van der Waals surface area contributed by atoms with Crippen LogP contribution in [-0.4, -0.2) is 55.6 Å². The van der Waals surface area contributed by atoms with E-state index in [2.05, 4.69) is 19.9 Å². The van der Waals surface area contributed by atoms with Crippen molar-refractivity contribution < 1.29 is 14.3 Å². The van der Waals surface area contributed by atoms with Gasteiger partial charge in [0.25, 0.3) is 0 Å². The maximum absolute atomic E-state index is 14.7. The first kappa shape index (κ1) is 22.1. The summed E-state index contributed by atoms with van der Waals surface area (Å²) in [6.07, 6.45) is 5.74. The number of carboxylic acid groups (broad SMARTS) is 1. The molecule has 0 radical (unpaired) electrons. The van der Waals surface area contributed by atoms with E-state index < -0.39 is 23.1 Å². The van der Waals surface area contributed by atoms with E-state index in [-0.39, 0.29) is 6.04 Å². The number of fused-ring (bicyclic) bond motifs is 1. The molecule has 0 amide bonds. The zero-order valence-electron chi connectivity index (χ0n) is 19.3. The zero-order valence-corrected chi connectivity index (χ0v) is 19.3. The van der Waals surface area contributed by atoms with Crippen molar-refractivity contribution in [3.8, 4) is 11.6 Å². The number of pyridine rings is 1. The van der Waals surface area contributed by atoms with E-state index in [9.17, 15) is 14.3 Å². The number of rotatable bonds is 4. The van der Waals surface area contributed by atoms with Gasteiger partial charge in [-0.15, -0.1) is 0 Å². The zero-order chi connectivity index (χ0) is 24.0. The summed E-state index contributed by atoms with van der Waals surface area (Å²) in [6, 6.07) is 4.43. The van der Waals surface area contributed by atoms with Gasteiger partial charge in [-0.05, 0) is 18.4 Å². The first-order valence-corrected chi connectivity index (χ1v) is 11.3. The second-order valence-electron chi connectivity index (χ2n) is 9.55. The summed E-state index contributed by atoms with van der Waals surface area (Å²) in [5, 5.41) is 9.60. The van der Waals surface area contributed by atoms with Crippen molar-refractivity contribution in [2.24, 2.45) is 11.3 Å². The Hall–Kier alpha value is -3.69. The van der Waals surface area contributed by atoms with Crippen LogP contribution in [0.5, 0.6) is 0 Å². The van der Waals surface area contributed by atoms with Crippen molar-refractivity contribution in [3.05, 3.63) is 53.9 Å². The quantitative estimate of drug-likeness (QED) is 0.624. The summed E-state index contributed by atoms with van der Waals surface area (Å²) in [5.74, 6) is 0.147. The molecule has 0 aliphatic carbocycles. The second kappa shape index (κ2) is 8.27. The molecule has 0 spiro atoms. The highest BCUT2D eigenvalue weighted by atomic mass is 19.1. The maximum atomic E-state index is 14.7. The first-order chi connectivity index (χ1) is 16.2. The Morgan fingerprint density at radius 3 is 2.56 bits per heavy atom. The minimum Gasteiger partial charge on any atom is -0.481 e. The summed E-state index contributed by atoms with van der Waals surface area (Å²) in [4.78, 5) is 37.9. The fourth-order valence-corrected chi connectivity index (χ4v) is 4.90. The molecule has 2 aliphatic rings. The van der Waals surface area contributed by atoms with Crippen LogP contribution in [0.2, 0.25) is 0 Å². The molecular weight excluding hydrogens is 437 g/mol. The van der Waals surface area contributed by atoms with Crippen LogP contribution >= 0.6 is 0 Å². The van der Waals surface area contributed by atoms with Crippen molar-refractivity contribution in [1.29, 1.82) is 0 Å². The summed E-state index contributed by atoms with van der Waals surface area (Å²) in [6.45, 7) is 7.27. The third kappa shape index (κ3) is 3.93. The van der Waals surface area contributed by atoms with Crippen LogP contribution in [0.1, 0.15) is 38.1 Å². The average Bonchev–Trinajstić information content (AvgIpc) is 3.15. The second-order valence-corrected chi connectivity index (χ2v) is 9.55. The van der Waals surface area contributed by atoms with Gasteiger partial charge in [-0.25, -0.2) is 29.3 Å². The number of hydrogen-bond donors (Lipinski definition) is 1. The van der Waals surface area contributed by atoms with E-state index >= 15 is 0 Å². The molecular formula is C24H26FN7O2. The van der Waals surface area contributed by atoms with Crippen LogP contribution in [-0.2, 0) is 11.2 Å². The highest BCUT2D eigenvalue weighted by molar-refractivity contribution is 5.73. The molecule has 2 aliphatic heterocycles. The van der Waals surface area contributed by atoms with Crippen molar-refractivity contribution in [3.63, 3.8) is 0 Å². The van der Waals surface area contributed by atoms with Crippen molar-refractivity contribution in [2.45, 2.75) is 33.2 Å². The molecule has 1 fully saturated rings. The lowest BCUT2D eigenvalue weighted by Crippen LogP contribution is -2.36. The van der Waals surface area contributed by atoms with Gasteiger partial charge in [0, 0.05) is 62.3 Å². The van der Waals surface area contributed by atoms with Crippen LogP contribution in [0.25, 0.3) is 11.6 Å². The largest absolute Gasteiger partial charge is 0.481 e. The Morgan fingerprint density at radius 1 is 1.12 bits per heavy atom. The fraction of sp³-hybridized carbons (Fsp3) is 0.417. The first-order valence-electron chi connectivity index (χ1n) is 11.3. The SMILES string of the molecule is CC1c2cnc(-c3ncccn3)nc2CCN1c1cc(F)cc(N2CC(C(=O)O)C(C)(C)C2)n1. The predicted octanol–water partition coefficient (Wildman–Crippen LogP) is 3.14. The molecule has 34 heavy (non-hydrogen) atoms. The Kier molecular flexibility index (Phi) is 5.38. The molecule has 1 saturated heterocycles. The van der Waals surface area contributed by atoms with Gasteiger partial charge in [0.05, 0.1) is 17.7 Å². The number of anilines is 2. The van der Waals surface area contributed by atoms with E-state index in [0.29, 0.717) is 49.3 Å². The van der Waals surface area contributed by atoms with Crippen LogP contribution in [0.4, 0.5) is 16.0 Å². The lowest BCUT2D eigenvalue weighted by molar-refractivity contribution is -0.143. The molecule has 2 unspecified atom stereocenters. The third-order valence-electron chi connectivity index (χ3n) is 6.80. The molecule has 0 bridgehead atoms. The predicted molar refractivity (Wildman–Crippen MR) is 124 cm³/mol. The fourth-order valence-electron chi connectivity index (χ4n) is 4.90. The summed E-state index contributed by atoms with van der Waals surface area (Å²) in [7, 11) is 0. The molecule has 2 atom stereocenters. The number of aromatic nitrogens is 5. The normalized spacial score (nSPS) is 21.4. The van der Waals surface area contributed by atoms with E-state index in [1.807, 2.05) is 30.6 Å². The maximum Gasteiger partial charge on any atom is 0.308 e.